The van der Waals surface area contributed by atoms with Crippen LogP contribution in [0.4, 0.5) is 19.0 Å². The van der Waals surface area contributed by atoms with Crippen LogP contribution in [0.3, 0.4) is 0 Å². The smallest absolute Gasteiger partial charge is 0.478 e. The average Bonchev–Trinajstić information content (AvgIpc) is 2.79. The fourth-order valence-corrected chi connectivity index (χ4v) is 3.09. The molecule has 7 nitrogen and oxygen atoms in total. The van der Waals surface area contributed by atoms with Gasteiger partial charge in [0.15, 0.2) is 0 Å². The summed E-state index contributed by atoms with van der Waals surface area (Å²) in [5.74, 6) is -2.97. The summed E-state index contributed by atoms with van der Waals surface area (Å²) in [6, 6.07) is 17.2. The number of nitrogens with one attached hydrogen (secondary N) is 1. The Balaban J connectivity index is 0.000000383. The number of hydrogen-bond acceptors (Lipinski definition) is 5. The third kappa shape index (κ3) is 5.94. The molecule has 0 aliphatic heterocycles. The largest absolute Gasteiger partial charge is 0.490 e. The van der Waals surface area contributed by atoms with Crippen LogP contribution in [0.2, 0.25) is 0 Å². The first-order chi connectivity index (χ1) is 15.7. The molecule has 0 fully saturated rings. The second-order valence-corrected chi connectivity index (χ2v) is 6.88. The first kappa shape index (κ1) is 23.5. The van der Waals surface area contributed by atoms with Gasteiger partial charge in [0.1, 0.15) is 5.82 Å². The van der Waals surface area contributed by atoms with Crippen LogP contribution in [-0.4, -0.2) is 44.8 Å². The molecule has 0 bridgehead atoms. The van der Waals surface area contributed by atoms with Gasteiger partial charge in [-0.05, 0) is 30.2 Å². The molecule has 0 saturated carbocycles. The van der Waals surface area contributed by atoms with Crippen LogP contribution in [0.25, 0.3) is 21.7 Å². The Hall–Kier alpha value is -4.21. The maximum Gasteiger partial charge on any atom is 0.490 e. The Labute approximate surface area is 185 Å². The van der Waals surface area contributed by atoms with Crippen molar-refractivity contribution in [2.45, 2.75) is 12.6 Å². The van der Waals surface area contributed by atoms with Crippen molar-refractivity contribution < 1.29 is 33.0 Å². The second kappa shape index (κ2) is 9.94. The van der Waals surface area contributed by atoms with Crippen LogP contribution < -0.4 is 5.32 Å². The van der Waals surface area contributed by atoms with Gasteiger partial charge in [-0.3, -0.25) is 4.98 Å². The number of pyridine rings is 2. The molecule has 0 atom stereocenters. The molecule has 0 unspecified atom stereocenters. The molecule has 0 aliphatic rings. The summed E-state index contributed by atoms with van der Waals surface area (Å²) < 4.78 is 31.7. The summed E-state index contributed by atoms with van der Waals surface area (Å²) in [6.07, 6.45) is -0.672. The van der Waals surface area contributed by atoms with Crippen LogP contribution in [0.5, 0.6) is 0 Å². The van der Waals surface area contributed by atoms with E-state index < -0.39 is 18.1 Å². The van der Waals surface area contributed by atoms with E-state index in [9.17, 15) is 23.1 Å². The number of anilines is 1. The van der Waals surface area contributed by atoms with Gasteiger partial charge < -0.3 is 15.5 Å². The highest BCUT2D eigenvalue weighted by atomic mass is 19.4. The molecule has 170 valence electrons. The van der Waals surface area contributed by atoms with Gasteiger partial charge in [0.05, 0.1) is 11.1 Å². The minimum Gasteiger partial charge on any atom is -0.478 e. The number of carboxylic acid groups (broad SMARTS) is 2. The van der Waals surface area contributed by atoms with Crippen molar-refractivity contribution in [1.82, 2.24) is 9.97 Å². The summed E-state index contributed by atoms with van der Waals surface area (Å²) in [4.78, 5) is 29.1. The monoisotopic (exact) mass is 457 g/mol. The van der Waals surface area contributed by atoms with Gasteiger partial charge in [-0.25, -0.2) is 14.6 Å². The van der Waals surface area contributed by atoms with E-state index in [4.69, 9.17) is 9.90 Å². The quantitative estimate of drug-likeness (QED) is 0.370. The van der Waals surface area contributed by atoms with Crippen molar-refractivity contribution in [3.63, 3.8) is 0 Å². The molecule has 0 aliphatic carbocycles. The van der Waals surface area contributed by atoms with Crippen molar-refractivity contribution >= 4 is 39.4 Å². The molecule has 3 N–H and O–H groups in total. The van der Waals surface area contributed by atoms with Gasteiger partial charge in [0, 0.05) is 35.1 Å². The number of aromatic nitrogens is 2. The molecule has 4 aromatic rings. The number of fused-ring (bicyclic) bond motifs is 3. The maximum absolute atomic E-state index is 11.3. The summed E-state index contributed by atoms with van der Waals surface area (Å²) in [5, 5.41) is 22.6. The lowest BCUT2D eigenvalue weighted by atomic mass is 10.1. The lowest BCUT2D eigenvalue weighted by molar-refractivity contribution is -0.192. The summed E-state index contributed by atoms with van der Waals surface area (Å²) in [5.41, 5.74) is 2.12. The lowest BCUT2D eigenvalue weighted by Crippen LogP contribution is -2.21. The first-order valence-electron chi connectivity index (χ1n) is 9.65. The van der Waals surface area contributed by atoms with Crippen molar-refractivity contribution in [2.24, 2.45) is 0 Å². The Bertz CT molecular complexity index is 1290. The topological polar surface area (TPSA) is 112 Å². The van der Waals surface area contributed by atoms with Gasteiger partial charge >= 0.3 is 18.1 Å². The lowest BCUT2D eigenvalue weighted by Gasteiger charge is -2.12. The average molecular weight is 457 g/mol. The number of aromatic carboxylic acids is 1. The predicted molar refractivity (Wildman–Crippen MR) is 116 cm³/mol. The van der Waals surface area contributed by atoms with Gasteiger partial charge in [0.2, 0.25) is 0 Å². The Morgan fingerprint density at radius 2 is 1.64 bits per heavy atom. The molecular weight excluding hydrogens is 439 g/mol. The van der Waals surface area contributed by atoms with Gasteiger partial charge in [0.25, 0.3) is 0 Å². The number of benzene rings is 2. The number of nitrogens with zero attached hydrogens (tertiary/aromatic N) is 2. The molecule has 33 heavy (non-hydrogen) atoms. The van der Waals surface area contributed by atoms with E-state index in [2.05, 4.69) is 27.4 Å². The number of alkyl halides is 3. The van der Waals surface area contributed by atoms with Crippen LogP contribution in [0, 0.1) is 0 Å². The van der Waals surface area contributed by atoms with Gasteiger partial charge in [-0.2, -0.15) is 13.2 Å². The zero-order valence-electron chi connectivity index (χ0n) is 17.0. The standard InChI is InChI=1S/C21H17N3O2.C2HF3O2/c25-21(26)15-6-7-16-18-13-22-10-9-17(18)20(24-19(16)12-15)23-11-8-14-4-2-1-3-5-14;3-2(4,5)1(6)7/h1-7,9-10,12-13H,8,11H2,(H,23,24)(H,25,26);(H,6,7). The van der Waals surface area contributed by atoms with E-state index in [1.165, 1.54) is 5.56 Å². The minimum atomic E-state index is -5.08. The zero-order chi connectivity index (χ0) is 24.0. The predicted octanol–water partition coefficient (Wildman–Crippen LogP) is 4.77. The van der Waals surface area contributed by atoms with E-state index in [1.54, 1.807) is 30.6 Å². The minimum absolute atomic E-state index is 0.225. The van der Waals surface area contributed by atoms with Gasteiger partial charge in [-0.1, -0.05) is 36.4 Å². The third-order valence-electron chi connectivity index (χ3n) is 4.63. The summed E-state index contributed by atoms with van der Waals surface area (Å²) in [6.45, 7) is 0.735. The van der Waals surface area contributed by atoms with E-state index in [0.29, 0.717) is 5.52 Å². The Kier molecular flexibility index (Phi) is 7.07. The molecule has 2 aromatic carbocycles. The van der Waals surface area contributed by atoms with Crippen molar-refractivity contribution in [2.75, 3.05) is 11.9 Å². The molecule has 10 heteroatoms. The summed E-state index contributed by atoms with van der Waals surface area (Å²) in [7, 11) is 0. The Morgan fingerprint density at radius 3 is 2.27 bits per heavy atom. The number of carbonyl (C=O) groups is 2. The molecule has 0 saturated heterocycles. The highest BCUT2D eigenvalue weighted by Crippen LogP contribution is 2.29. The number of rotatable bonds is 5. The number of carboxylic acids is 2. The van der Waals surface area contributed by atoms with Crippen molar-refractivity contribution in [1.29, 1.82) is 0 Å². The molecule has 0 amide bonds. The van der Waals surface area contributed by atoms with Crippen LogP contribution in [0.15, 0.2) is 67.0 Å². The number of halogens is 3. The van der Waals surface area contributed by atoms with Crippen molar-refractivity contribution in [3.05, 3.63) is 78.1 Å². The highest BCUT2D eigenvalue weighted by Gasteiger charge is 2.38. The molecule has 2 heterocycles. The highest BCUT2D eigenvalue weighted by molar-refractivity contribution is 6.10. The summed E-state index contributed by atoms with van der Waals surface area (Å²) >= 11 is 0. The first-order valence-corrected chi connectivity index (χ1v) is 9.65. The van der Waals surface area contributed by atoms with Crippen molar-refractivity contribution in [3.8, 4) is 0 Å². The molecule has 2 aromatic heterocycles. The maximum atomic E-state index is 11.3. The SMILES string of the molecule is O=C(O)C(F)(F)F.O=C(O)c1ccc2c(c1)nc(NCCc1ccccc1)c1ccncc12. The molecule has 0 radical (unpaired) electrons. The van der Waals surface area contributed by atoms with Crippen LogP contribution in [-0.2, 0) is 11.2 Å². The normalized spacial score (nSPS) is 11.0. The van der Waals surface area contributed by atoms with E-state index in [0.717, 1.165) is 34.9 Å². The Morgan fingerprint density at radius 1 is 0.939 bits per heavy atom. The number of hydrogen-bond donors (Lipinski definition) is 3. The van der Waals surface area contributed by atoms with Crippen LogP contribution >= 0.6 is 0 Å². The molecule has 0 spiro atoms. The van der Waals surface area contributed by atoms with Crippen LogP contribution in [0.1, 0.15) is 15.9 Å². The fraction of sp³-hybridized carbons (Fsp3) is 0.130. The van der Waals surface area contributed by atoms with E-state index >= 15 is 0 Å². The zero-order valence-corrected chi connectivity index (χ0v) is 17.0. The van der Waals surface area contributed by atoms with Gasteiger partial charge in [-0.15, -0.1) is 0 Å². The fourth-order valence-electron chi connectivity index (χ4n) is 3.09. The number of aliphatic carboxylic acids is 1. The second-order valence-electron chi connectivity index (χ2n) is 6.88. The third-order valence-corrected chi connectivity index (χ3v) is 4.63. The van der Waals surface area contributed by atoms with E-state index in [1.807, 2.05) is 24.3 Å². The van der Waals surface area contributed by atoms with E-state index in [-0.39, 0.29) is 5.56 Å². The molecular formula is C23H18F3N3O4. The molecule has 4 rings (SSSR count).